The molecule has 0 aliphatic carbocycles. The van der Waals surface area contributed by atoms with Crippen molar-refractivity contribution in [1.82, 2.24) is 25.6 Å². The number of carbonyl (C=O) groups is 1. The minimum atomic E-state index is -0.500. The molecule has 0 saturated heterocycles. The van der Waals surface area contributed by atoms with Crippen LogP contribution in [0.5, 0.6) is 0 Å². The van der Waals surface area contributed by atoms with Crippen LogP contribution in [0.15, 0.2) is 29.4 Å². The van der Waals surface area contributed by atoms with Gasteiger partial charge in [-0.25, -0.2) is 5.43 Å². The lowest BCUT2D eigenvalue weighted by atomic mass is 10.2. The smallest absolute Gasteiger partial charge is 0.269 e. The average molecular weight is 290 g/mol. The molecule has 1 aromatic heterocycles. The van der Waals surface area contributed by atoms with Crippen LogP contribution in [0.4, 0.5) is 11.6 Å². The van der Waals surface area contributed by atoms with Gasteiger partial charge in [-0.1, -0.05) is 5.10 Å². The molecule has 11 heteroatoms. The fraction of sp³-hybridized carbons (Fsp3) is 0.100. The van der Waals surface area contributed by atoms with Gasteiger partial charge in [0.2, 0.25) is 0 Å². The molecule has 3 N–H and O–H groups in total. The Morgan fingerprint density at radius 3 is 2.76 bits per heavy atom. The summed E-state index contributed by atoms with van der Waals surface area (Å²) in [6.07, 6.45) is 1.35. The van der Waals surface area contributed by atoms with E-state index in [9.17, 15) is 14.9 Å². The third-order valence-corrected chi connectivity index (χ3v) is 2.26. The molecular formula is C10H10N8O3. The summed E-state index contributed by atoms with van der Waals surface area (Å²) in [5.41, 5.74) is 8.08. The van der Waals surface area contributed by atoms with Crippen molar-refractivity contribution in [2.24, 2.45) is 5.10 Å². The number of nitro groups is 1. The van der Waals surface area contributed by atoms with Crippen LogP contribution >= 0.6 is 0 Å². The number of nitrogens with two attached hydrogens (primary N) is 1. The second-order valence-corrected chi connectivity index (χ2v) is 3.82. The minimum Gasteiger partial charge on any atom is -0.365 e. The zero-order chi connectivity index (χ0) is 15.2. The highest BCUT2D eigenvalue weighted by Gasteiger charge is 2.05. The van der Waals surface area contributed by atoms with Crippen molar-refractivity contribution in [3.63, 3.8) is 0 Å². The monoisotopic (exact) mass is 290 g/mol. The van der Waals surface area contributed by atoms with Crippen molar-refractivity contribution < 1.29 is 9.72 Å². The topological polar surface area (TPSA) is 154 Å². The van der Waals surface area contributed by atoms with E-state index in [4.69, 9.17) is 5.73 Å². The van der Waals surface area contributed by atoms with Gasteiger partial charge in [0.05, 0.1) is 11.1 Å². The molecule has 0 spiro atoms. The summed E-state index contributed by atoms with van der Waals surface area (Å²) in [6.45, 7) is -0.179. The Hall–Kier alpha value is -3.37. The first-order valence-corrected chi connectivity index (χ1v) is 5.64. The number of anilines is 1. The van der Waals surface area contributed by atoms with Crippen LogP contribution < -0.4 is 11.2 Å². The Morgan fingerprint density at radius 2 is 2.19 bits per heavy atom. The summed E-state index contributed by atoms with van der Waals surface area (Å²) in [6, 6.07) is 5.69. The third-order valence-electron chi connectivity index (χ3n) is 2.26. The summed E-state index contributed by atoms with van der Waals surface area (Å²) in [7, 11) is 0. The summed E-state index contributed by atoms with van der Waals surface area (Å²) >= 11 is 0. The molecule has 0 unspecified atom stereocenters. The van der Waals surface area contributed by atoms with Crippen molar-refractivity contribution in [1.29, 1.82) is 0 Å². The van der Waals surface area contributed by atoms with Crippen molar-refractivity contribution in [3.05, 3.63) is 39.9 Å². The quantitative estimate of drug-likeness (QED) is 0.419. The predicted octanol–water partition coefficient (Wildman–Crippen LogP) is -0.686. The fourth-order valence-corrected chi connectivity index (χ4v) is 1.35. The molecule has 21 heavy (non-hydrogen) atoms. The standard InChI is InChI=1S/C10H10N8O3/c11-10-14-16-17(15-10)6-9(19)13-12-5-7-1-3-8(4-2-7)18(20)21/h1-5H,6H2,(H2,11,15)(H,13,19). The van der Waals surface area contributed by atoms with Gasteiger partial charge in [-0.15, -0.1) is 5.10 Å². The van der Waals surface area contributed by atoms with Gasteiger partial charge in [-0.05, 0) is 22.9 Å². The number of hydrogen-bond acceptors (Lipinski definition) is 8. The molecule has 0 atom stereocenters. The highest BCUT2D eigenvalue weighted by molar-refractivity contribution is 5.82. The number of nitrogens with zero attached hydrogens (tertiary/aromatic N) is 6. The van der Waals surface area contributed by atoms with Crippen LogP contribution in [-0.2, 0) is 11.3 Å². The van der Waals surface area contributed by atoms with Crippen molar-refractivity contribution >= 4 is 23.8 Å². The Balaban J connectivity index is 1.86. The number of carbonyl (C=O) groups excluding carboxylic acids is 1. The zero-order valence-electron chi connectivity index (χ0n) is 10.6. The predicted molar refractivity (Wildman–Crippen MR) is 71.1 cm³/mol. The molecule has 108 valence electrons. The highest BCUT2D eigenvalue weighted by atomic mass is 16.6. The zero-order valence-corrected chi connectivity index (χ0v) is 10.6. The number of nitro benzene ring substituents is 1. The number of hydrazone groups is 1. The van der Waals surface area contributed by atoms with Gasteiger partial charge >= 0.3 is 0 Å². The molecular weight excluding hydrogens is 280 g/mol. The second-order valence-electron chi connectivity index (χ2n) is 3.82. The van der Waals surface area contributed by atoms with E-state index in [1.165, 1.54) is 30.5 Å². The van der Waals surface area contributed by atoms with E-state index >= 15 is 0 Å². The van der Waals surface area contributed by atoms with Gasteiger partial charge in [0.1, 0.15) is 6.54 Å². The maximum atomic E-state index is 11.5. The number of aromatic nitrogens is 4. The van der Waals surface area contributed by atoms with Gasteiger partial charge in [-0.3, -0.25) is 14.9 Å². The largest absolute Gasteiger partial charge is 0.365 e. The molecule has 0 saturated carbocycles. The first-order chi connectivity index (χ1) is 10.0. The summed E-state index contributed by atoms with van der Waals surface area (Å²) in [4.78, 5) is 22.5. The summed E-state index contributed by atoms with van der Waals surface area (Å²) in [5, 5.41) is 24.7. The van der Waals surface area contributed by atoms with E-state index in [0.717, 1.165) is 4.80 Å². The van der Waals surface area contributed by atoms with E-state index in [1.54, 1.807) is 0 Å². The van der Waals surface area contributed by atoms with Crippen LogP contribution in [0, 0.1) is 10.1 Å². The van der Waals surface area contributed by atoms with E-state index in [-0.39, 0.29) is 18.2 Å². The molecule has 0 fully saturated rings. The molecule has 0 bridgehead atoms. The van der Waals surface area contributed by atoms with Crippen LogP contribution in [0.25, 0.3) is 0 Å². The molecule has 0 aliphatic rings. The van der Waals surface area contributed by atoms with Crippen LogP contribution in [-0.4, -0.2) is 37.3 Å². The second kappa shape index (κ2) is 6.18. The number of nitrogens with one attached hydrogen (secondary N) is 1. The van der Waals surface area contributed by atoms with Crippen LogP contribution in [0.3, 0.4) is 0 Å². The Bertz CT molecular complexity index is 678. The SMILES string of the molecule is Nc1nnn(CC(=O)NN=Cc2ccc([N+](=O)[O-])cc2)n1. The molecule has 0 aliphatic heterocycles. The van der Waals surface area contributed by atoms with E-state index in [2.05, 4.69) is 25.9 Å². The normalized spacial score (nSPS) is 10.7. The number of tetrazole rings is 1. The van der Waals surface area contributed by atoms with E-state index < -0.39 is 10.8 Å². The molecule has 11 nitrogen and oxygen atoms in total. The summed E-state index contributed by atoms with van der Waals surface area (Å²) in [5.74, 6) is -0.497. The average Bonchev–Trinajstić information content (AvgIpc) is 2.84. The lowest BCUT2D eigenvalue weighted by molar-refractivity contribution is -0.384. The Morgan fingerprint density at radius 1 is 1.48 bits per heavy atom. The van der Waals surface area contributed by atoms with Crippen molar-refractivity contribution in [3.8, 4) is 0 Å². The van der Waals surface area contributed by atoms with Gasteiger partial charge < -0.3 is 5.73 Å². The number of nitrogen functional groups attached to an aromatic ring is 1. The van der Waals surface area contributed by atoms with Gasteiger partial charge in [0.15, 0.2) is 0 Å². The number of benzene rings is 1. The van der Waals surface area contributed by atoms with Crippen molar-refractivity contribution in [2.45, 2.75) is 6.54 Å². The van der Waals surface area contributed by atoms with Gasteiger partial charge in [0, 0.05) is 12.1 Å². The maximum absolute atomic E-state index is 11.5. The highest BCUT2D eigenvalue weighted by Crippen LogP contribution is 2.10. The summed E-state index contributed by atoms with van der Waals surface area (Å²) < 4.78 is 0. The van der Waals surface area contributed by atoms with Gasteiger partial charge in [0.25, 0.3) is 17.5 Å². The lowest BCUT2D eigenvalue weighted by Gasteiger charge is -1.97. The molecule has 2 aromatic rings. The minimum absolute atomic E-state index is 0.0222. The molecule has 1 amide bonds. The van der Waals surface area contributed by atoms with Crippen LogP contribution in [0.2, 0.25) is 0 Å². The first-order valence-electron chi connectivity index (χ1n) is 5.64. The van der Waals surface area contributed by atoms with Gasteiger partial charge in [-0.2, -0.15) is 9.90 Å². The molecule has 1 aromatic carbocycles. The number of hydrogen-bond donors (Lipinski definition) is 2. The Labute approximate surface area is 117 Å². The number of rotatable bonds is 5. The van der Waals surface area contributed by atoms with Crippen molar-refractivity contribution in [2.75, 3.05) is 5.73 Å². The van der Waals surface area contributed by atoms with Crippen LogP contribution in [0.1, 0.15) is 5.56 Å². The molecule has 1 heterocycles. The third kappa shape index (κ3) is 4.05. The number of amides is 1. The first kappa shape index (κ1) is 14.0. The van der Waals surface area contributed by atoms with E-state index in [1.807, 2.05) is 0 Å². The lowest BCUT2D eigenvalue weighted by Crippen LogP contribution is -2.24. The molecule has 2 rings (SSSR count). The number of non-ortho nitro benzene ring substituents is 1. The fourth-order valence-electron chi connectivity index (χ4n) is 1.35. The molecule has 0 radical (unpaired) electrons. The maximum Gasteiger partial charge on any atom is 0.269 e. The van der Waals surface area contributed by atoms with E-state index in [0.29, 0.717) is 5.56 Å². The Kier molecular flexibility index (Phi) is 4.14.